The Morgan fingerprint density at radius 1 is 1.11 bits per heavy atom. The minimum Gasteiger partial charge on any atom is -0.119 e. The molecule has 0 atom stereocenters. The van der Waals surface area contributed by atoms with E-state index in [2.05, 4.69) is 36.5 Å². The van der Waals surface area contributed by atoms with Crippen molar-refractivity contribution in [3.05, 3.63) is 6.92 Å². The molecule has 0 unspecified atom stereocenters. The normalized spacial score (nSPS) is 5.33. The smallest absolute Gasteiger partial charge is 0.0702 e. The van der Waals surface area contributed by atoms with E-state index in [4.69, 9.17) is 6.42 Å². The van der Waals surface area contributed by atoms with Gasteiger partial charge in [-0.15, -0.1) is 12.3 Å². The largest absolute Gasteiger partial charge is 0.119 e. The van der Waals surface area contributed by atoms with Crippen LogP contribution in [0.5, 0.6) is 0 Å². The van der Waals surface area contributed by atoms with Gasteiger partial charge < -0.3 is 0 Å². The van der Waals surface area contributed by atoms with Gasteiger partial charge in [0.1, 0.15) is 0 Å². The van der Waals surface area contributed by atoms with Gasteiger partial charge in [0.25, 0.3) is 0 Å². The van der Waals surface area contributed by atoms with Gasteiger partial charge in [0.05, 0.1) is 12.8 Å². The van der Waals surface area contributed by atoms with Gasteiger partial charge in [-0.05, 0) is 0 Å². The molecule has 43 valence electrons. The van der Waals surface area contributed by atoms with Crippen molar-refractivity contribution in [2.45, 2.75) is 12.8 Å². The minimum atomic E-state index is 0.513. The molecule has 0 heteroatoms. The van der Waals surface area contributed by atoms with E-state index in [9.17, 15) is 0 Å². The molecule has 0 aromatic rings. The second kappa shape index (κ2) is 6.68. The summed E-state index contributed by atoms with van der Waals surface area (Å²) in [5, 5.41) is 0. The van der Waals surface area contributed by atoms with E-state index in [1.54, 1.807) is 0 Å². The lowest BCUT2D eigenvalue weighted by atomic mass is 10.4. The van der Waals surface area contributed by atoms with Crippen molar-refractivity contribution in [1.29, 1.82) is 0 Å². The molecule has 0 amide bonds. The lowest BCUT2D eigenvalue weighted by molar-refractivity contribution is 1.50. The number of terminal acetylenes is 1. The van der Waals surface area contributed by atoms with E-state index in [0.29, 0.717) is 12.8 Å². The summed E-state index contributed by atoms with van der Waals surface area (Å²) < 4.78 is 0. The number of hydrogen-bond donors (Lipinski definition) is 0. The number of rotatable bonds is 0. The third-order valence-corrected chi connectivity index (χ3v) is 0.617. The summed E-state index contributed by atoms with van der Waals surface area (Å²) >= 11 is 0. The Kier molecular flexibility index (Phi) is 5.70. The fourth-order valence-corrected chi connectivity index (χ4v) is 0.283. The Labute approximate surface area is 56.7 Å². The van der Waals surface area contributed by atoms with Crippen molar-refractivity contribution in [2.24, 2.45) is 0 Å². The second-order valence-electron chi connectivity index (χ2n) is 1.26. The van der Waals surface area contributed by atoms with Gasteiger partial charge in [0, 0.05) is 6.92 Å². The average Bonchev–Trinajstić information content (AvgIpc) is 1.89. The van der Waals surface area contributed by atoms with Gasteiger partial charge in [-0.3, -0.25) is 0 Å². The summed E-state index contributed by atoms with van der Waals surface area (Å²) in [6.45, 7) is 3.33. The topological polar surface area (TPSA) is 0 Å². The van der Waals surface area contributed by atoms with Crippen LogP contribution in [-0.4, -0.2) is 0 Å². The third-order valence-electron chi connectivity index (χ3n) is 0.617. The van der Waals surface area contributed by atoms with Crippen LogP contribution in [0.1, 0.15) is 12.8 Å². The molecule has 0 aliphatic rings. The van der Waals surface area contributed by atoms with Crippen LogP contribution in [0.4, 0.5) is 0 Å². The van der Waals surface area contributed by atoms with E-state index >= 15 is 0 Å². The summed E-state index contributed by atoms with van der Waals surface area (Å²) in [7, 11) is 0. The Morgan fingerprint density at radius 3 is 2.33 bits per heavy atom. The van der Waals surface area contributed by atoms with Crippen LogP contribution in [0, 0.1) is 42.9 Å². The molecule has 0 aliphatic heterocycles. The molecule has 0 N–H and O–H groups in total. The van der Waals surface area contributed by atoms with Crippen molar-refractivity contribution < 1.29 is 0 Å². The maximum Gasteiger partial charge on any atom is 0.0702 e. The molecule has 0 rings (SSSR count). The maximum absolute atomic E-state index is 4.94. The molecule has 0 bridgehead atoms. The molecule has 0 saturated carbocycles. The first-order chi connectivity index (χ1) is 4.41. The second-order valence-corrected chi connectivity index (χ2v) is 1.26. The summed E-state index contributed by atoms with van der Waals surface area (Å²) in [6, 6.07) is 0. The first-order valence-electron chi connectivity index (χ1n) is 2.56. The van der Waals surface area contributed by atoms with Gasteiger partial charge in [-0.2, -0.15) is 0 Å². The van der Waals surface area contributed by atoms with Crippen LogP contribution < -0.4 is 0 Å². The lowest BCUT2D eigenvalue weighted by Gasteiger charge is -1.68. The SMILES string of the molecule is C#CCC#CCC#C[CH2]. The highest BCUT2D eigenvalue weighted by atomic mass is 13.7. The minimum absolute atomic E-state index is 0.513. The van der Waals surface area contributed by atoms with Gasteiger partial charge in [0.15, 0.2) is 0 Å². The first-order valence-corrected chi connectivity index (χ1v) is 2.56. The lowest BCUT2D eigenvalue weighted by Crippen LogP contribution is -1.59. The zero-order valence-electron chi connectivity index (χ0n) is 5.20. The predicted octanol–water partition coefficient (Wildman–Crippen LogP) is 1.24. The predicted molar refractivity (Wildman–Crippen MR) is 39.0 cm³/mol. The quantitative estimate of drug-likeness (QED) is 0.417. The van der Waals surface area contributed by atoms with Crippen LogP contribution in [0.15, 0.2) is 0 Å². The zero-order valence-corrected chi connectivity index (χ0v) is 5.20. The van der Waals surface area contributed by atoms with E-state index in [0.717, 1.165) is 0 Å². The van der Waals surface area contributed by atoms with E-state index in [1.807, 2.05) is 0 Å². The van der Waals surface area contributed by atoms with Crippen molar-refractivity contribution in [1.82, 2.24) is 0 Å². The molecular formula is C9H7. The highest BCUT2D eigenvalue weighted by Gasteiger charge is 1.63. The fourth-order valence-electron chi connectivity index (χ4n) is 0.283. The Balaban J connectivity index is 3.37. The Morgan fingerprint density at radius 2 is 1.78 bits per heavy atom. The molecular weight excluding hydrogens is 108 g/mol. The van der Waals surface area contributed by atoms with Crippen LogP contribution in [0.25, 0.3) is 0 Å². The molecule has 0 aromatic carbocycles. The molecule has 0 saturated heterocycles. The standard InChI is InChI=1S/C9H7/c1-3-5-7-9-8-6-4-2/h1H,2,5,8H2. The number of hydrogen-bond acceptors (Lipinski definition) is 0. The van der Waals surface area contributed by atoms with E-state index < -0.39 is 0 Å². The molecule has 0 aromatic heterocycles. The first kappa shape index (κ1) is 7.68. The summed E-state index contributed by atoms with van der Waals surface area (Å²) in [5.74, 6) is 13.1. The summed E-state index contributed by atoms with van der Waals surface area (Å²) in [6.07, 6.45) is 6.03. The van der Waals surface area contributed by atoms with Crippen LogP contribution in [0.2, 0.25) is 0 Å². The van der Waals surface area contributed by atoms with Gasteiger partial charge in [-0.25, -0.2) is 0 Å². The van der Waals surface area contributed by atoms with Gasteiger partial charge in [0.2, 0.25) is 0 Å². The molecule has 0 heterocycles. The van der Waals surface area contributed by atoms with Crippen LogP contribution >= 0.6 is 0 Å². The third kappa shape index (κ3) is 6.68. The highest BCUT2D eigenvalue weighted by molar-refractivity contribution is 5.15. The Bertz CT molecular complexity index is 206. The molecule has 0 aliphatic carbocycles. The summed E-state index contributed by atoms with van der Waals surface area (Å²) in [4.78, 5) is 0. The molecule has 0 fully saturated rings. The zero-order chi connectivity index (χ0) is 6.95. The maximum atomic E-state index is 4.94. The van der Waals surface area contributed by atoms with Crippen molar-refractivity contribution in [3.8, 4) is 36.0 Å². The monoisotopic (exact) mass is 115 g/mol. The summed E-state index contributed by atoms with van der Waals surface area (Å²) in [5.41, 5.74) is 0. The van der Waals surface area contributed by atoms with Gasteiger partial charge in [-0.1, -0.05) is 23.7 Å². The van der Waals surface area contributed by atoms with E-state index in [1.165, 1.54) is 0 Å². The molecule has 9 heavy (non-hydrogen) atoms. The van der Waals surface area contributed by atoms with Crippen molar-refractivity contribution >= 4 is 0 Å². The molecule has 1 radical (unpaired) electrons. The average molecular weight is 115 g/mol. The Hall–Kier alpha value is -1.32. The molecule has 0 spiro atoms. The van der Waals surface area contributed by atoms with E-state index in [-0.39, 0.29) is 0 Å². The van der Waals surface area contributed by atoms with Gasteiger partial charge >= 0.3 is 0 Å². The van der Waals surface area contributed by atoms with Crippen LogP contribution in [0.3, 0.4) is 0 Å². The fraction of sp³-hybridized carbons (Fsp3) is 0.222. The van der Waals surface area contributed by atoms with Crippen molar-refractivity contribution in [3.63, 3.8) is 0 Å². The van der Waals surface area contributed by atoms with Crippen LogP contribution in [-0.2, 0) is 0 Å². The van der Waals surface area contributed by atoms with Crippen molar-refractivity contribution in [2.75, 3.05) is 0 Å². The highest BCUT2D eigenvalue weighted by Crippen LogP contribution is 1.72. The molecule has 0 nitrogen and oxygen atoms in total.